The second-order valence-corrected chi connectivity index (χ2v) is 7.99. The molecule has 0 saturated carbocycles. The number of hydrogen-bond acceptors (Lipinski definition) is 5. The maximum Gasteiger partial charge on any atom is 0.348 e. The largest absolute Gasteiger partial charge is 0.348 e. The highest BCUT2D eigenvalue weighted by Crippen LogP contribution is 2.27. The molecule has 2 bridgehead atoms. The van der Waals surface area contributed by atoms with Crippen LogP contribution in [0.5, 0.6) is 0 Å². The number of nitrogens with zero attached hydrogens (tertiary/aromatic N) is 4. The number of rotatable bonds is 3. The molecule has 2 N–H and O–H groups in total. The molecule has 3 aromatic rings. The Labute approximate surface area is 173 Å². The van der Waals surface area contributed by atoms with Crippen LogP contribution in [0.1, 0.15) is 28.0 Å². The zero-order valence-corrected chi connectivity index (χ0v) is 16.5. The molecule has 1 aromatic carbocycles. The zero-order valence-electron chi connectivity index (χ0n) is 15.0. The number of fused-ring (bicyclic) bond motifs is 3. The normalized spacial score (nSPS) is 20.7. The molecule has 2 aromatic heterocycles. The van der Waals surface area contributed by atoms with Crippen LogP contribution >= 0.6 is 23.2 Å². The van der Waals surface area contributed by atoms with Gasteiger partial charge in [0.05, 0.1) is 5.56 Å². The van der Waals surface area contributed by atoms with E-state index < -0.39 is 11.5 Å². The highest BCUT2D eigenvalue weighted by molar-refractivity contribution is 6.40. The highest BCUT2D eigenvalue weighted by atomic mass is 35.5. The first-order valence-corrected chi connectivity index (χ1v) is 9.81. The van der Waals surface area contributed by atoms with E-state index in [1.54, 1.807) is 11.0 Å². The summed E-state index contributed by atoms with van der Waals surface area (Å²) in [6.07, 6.45) is 1.10. The summed E-state index contributed by atoms with van der Waals surface area (Å²) >= 11 is 12.0. The number of hydrogen-bond donors (Lipinski definition) is 2. The summed E-state index contributed by atoms with van der Waals surface area (Å²) in [5.41, 5.74) is 0.710. The van der Waals surface area contributed by atoms with Crippen LogP contribution in [0.3, 0.4) is 0 Å². The number of piperazine rings is 1. The van der Waals surface area contributed by atoms with Gasteiger partial charge in [-0.1, -0.05) is 29.3 Å². The van der Waals surface area contributed by atoms with Gasteiger partial charge in [-0.2, -0.15) is 5.10 Å². The fourth-order valence-corrected chi connectivity index (χ4v) is 4.45. The molecule has 2 aliphatic heterocycles. The number of H-pyrrole nitrogens is 1. The van der Waals surface area contributed by atoms with Crippen molar-refractivity contribution >= 4 is 34.8 Å². The second-order valence-electron chi connectivity index (χ2n) is 7.27. The zero-order chi connectivity index (χ0) is 20.3. The van der Waals surface area contributed by atoms with E-state index in [1.807, 2.05) is 0 Å². The van der Waals surface area contributed by atoms with Crippen molar-refractivity contribution in [1.29, 1.82) is 0 Å². The van der Waals surface area contributed by atoms with Gasteiger partial charge in [-0.25, -0.2) is 23.7 Å². The van der Waals surface area contributed by atoms with Gasteiger partial charge in [0, 0.05) is 31.6 Å². The van der Waals surface area contributed by atoms with Gasteiger partial charge in [0.1, 0.15) is 11.5 Å². The minimum atomic E-state index is -0.569. The number of benzene rings is 1. The number of imidazole rings is 1. The lowest BCUT2D eigenvalue weighted by Crippen LogP contribution is -2.46. The number of carbonyl (C=O) groups excluding carboxylic acids is 1. The van der Waals surface area contributed by atoms with Gasteiger partial charge in [-0.15, -0.1) is 0 Å². The predicted octanol–water partition coefficient (Wildman–Crippen LogP) is 1.64. The maximum atomic E-state index is 14.4. The van der Waals surface area contributed by atoms with Crippen LogP contribution in [0.4, 0.5) is 4.39 Å². The minimum absolute atomic E-state index is 0.0146. The van der Waals surface area contributed by atoms with E-state index in [0.29, 0.717) is 17.8 Å². The Bertz CT molecular complexity index is 1210. The summed E-state index contributed by atoms with van der Waals surface area (Å²) in [6, 6.07) is 4.74. The lowest BCUT2D eigenvalue weighted by molar-refractivity contribution is 0.0711. The van der Waals surface area contributed by atoms with E-state index in [9.17, 15) is 14.0 Å². The first-order valence-electron chi connectivity index (χ1n) is 9.06. The minimum Gasteiger partial charge on any atom is -0.333 e. The Morgan fingerprint density at radius 2 is 2.17 bits per heavy atom. The molecule has 2 fully saturated rings. The van der Waals surface area contributed by atoms with Gasteiger partial charge in [-0.3, -0.25) is 4.79 Å². The summed E-state index contributed by atoms with van der Waals surface area (Å²) < 4.78 is 15.6. The van der Waals surface area contributed by atoms with Crippen molar-refractivity contribution in [2.75, 3.05) is 13.1 Å². The third kappa shape index (κ3) is 3.00. The van der Waals surface area contributed by atoms with Crippen molar-refractivity contribution in [1.82, 2.24) is 29.8 Å². The SMILES string of the molecule is O=C(c1cc(Cc2n[nH]c(=O)n3c(Cl)c(Cl)nc23)ccc1F)N1C[C@@H]2C[C@H]1CN2. The predicted molar refractivity (Wildman–Crippen MR) is 104 cm³/mol. The van der Waals surface area contributed by atoms with Gasteiger partial charge in [0.25, 0.3) is 5.91 Å². The van der Waals surface area contributed by atoms with Crippen molar-refractivity contribution in [3.8, 4) is 0 Å². The molecule has 0 radical (unpaired) electrons. The number of halogens is 3. The fourth-order valence-electron chi connectivity index (χ4n) is 4.09. The van der Waals surface area contributed by atoms with E-state index >= 15 is 0 Å². The molecule has 0 unspecified atom stereocenters. The average Bonchev–Trinajstić information content (AvgIpc) is 3.41. The van der Waals surface area contributed by atoms with Crippen molar-refractivity contribution in [3.05, 3.63) is 61.6 Å². The van der Waals surface area contributed by atoms with Gasteiger partial charge in [-0.05, 0) is 24.1 Å². The highest BCUT2D eigenvalue weighted by Gasteiger charge is 2.40. The Kier molecular flexibility index (Phi) is 4.34. The number of aromatic nitrogens is 4. The first kappa shape index (κ1) is 18.5. The second kappa shape index (κ2) is 6.79. The van der Waals surface area contributed by atoms with Gasteiger partial charge in [0.2, 0.25) is 0 Å². The molecule has 8 nitrogen and oxygen atoms in total. The van der Waals surface area contributed by atoms with Crippen LogP contribution in [0.15, 0.2) is 23.0 Å². The third-order valence-electron chi connectivity index (χ3n) is 5.48. The molecule has 4 heterocycles. The summed E-state index contributed by atoms with van der Waals surface area (Å²) in [6.45, 7) is 1.32. The number of nitrogens with one attached hydrogen (secondary N) is 2. The van der Waals surface area contributed by atoms with Crippen LogP contribution in [0, 0.1) is 5.82 Å². The van der Waals surface area contributed by atoms with Crippen molar-refractivity contribution in [3.63, 3.8) is 0 Å². The maximum absolute atomic E-state index is 14.4. The molecule has 2 atom stereocenters. The Hall–Kier alpha value is -2.49. The molecule has 0 spiro atoms. The molecule has 2 aliphatic rings. The quantitative estimate of drug-likeness (QED) is 0.650. The van der Waals surface area contributed by atoms with Gasteiger partial charge >= 0.3 is 5.69 Å². The molecule has 2 saturated heterocycles. The average molecular weight is 437 g/mol. The first-order chi connectivity index (χ1) is 13.9. The number of carbonyl (C=O) groups is 1. The standard InChI is InChI=1S/C18H15Cl2FN6O2/c19-14-15(20)27-16(23-14)13(24-25-18(27)29)4-8-1-2-12(21)11(3-8)17(28)26-7-9-5-10(26)6-22-9/h1-3,9-10,22H,4-7H2,(H,25,29)/t9-,10-/m0/s1. The third-order valence-corrected chi connectivity index (χ3v) is 6.19. The molecule has 11 heteroatoms. The van der Waals surface area contributed by atoms with Crippen LogP contribution in [0.25, 0.3) is 5.65 Å². The van der Waals surface area contributed by atoms with Crippen LogP contribution in [-0.4, -0.2) is 55.6 Å². The molecule has 1 amide bonds. The Morgan fingerprint density at radius 3 is 2.90 bits per heavy atom. The number of likely N-dealkylation sites (tertiary alicyclic amines) is 1. The molecule has 5 rings (SSSR count). The fraction of sp³-hybridized carbons (Fsp3) is 0.333. The smallest absolute Gasteiger partial charge is 0.333 e. The van der Waals surface area contributed by atoms with Crippen LogP contribution in [0.2, 0.25) is 10.3 Å². The van der Waals surface area contributed by atoms with Gasteiger partial charge < -0.3 is 10.2 Å². The molecule has 0 aliphatic carbocycles. The van der Waals surface area contributed by atoms with Crippen molar-refractivity contribution in [2.45, 2.75) is 24.9 Å². The van der Waals surface area contributed by atoms with E-state index in [2.05, 4.69) is 20.5 Å². The summed E-state index contributed by atoms with van der Waals surface area (Å²) in [5.74, 6) is -0.884. The topological polar surface area (TPSA) is 95.4 Å². The van der Waals surface area contributed by atoms with Crippen LogP contribution < -0.4 is 11.0 Å². The summed E-state index contributed by atoms with van der Waals surface area (Å²) in [7, 11) is 0. The van der Waals surface area contributed by atoms with E-state index in [-0.39, 0.29) is 45.9 Å². The van der Waals surface area contributed by atoms with Crippen molar-refractivity contribution < 1.29 is 9.18 Å². The van der Waals surface area contributed by atoms with E-state index in [4.69, 9.17) is 23.2 Å². The Morgan fingerprint density at radius 1 is 1.34 bits per heavy atom. The van der Waals surface area contributed by atoms with E-state index in [0.717, 1.165) is 17.4 Å². The number of aromatic amines is 1. The number of amides is 1. The molecular weight excluding hydrogens is 422 g/mol. The lowest BCUT2D eigenvalue weighted by Gasteiger charge is -2.27. The Balaban J connectivity index is 1.49. The summed E-state index contributed by atoms with van der Waals surface area (Å²) in [4.78, 5) is 30.7. The monoisotopic (exact) mass is 436 g/mol. The lowest BCUT2D eigenvalue weighted by atomic mass is 10.0. The molecule has 150 valence electrons. The van der Waals surface area contributed by atoms with Crippen molar-refractivity contribution in [2.24, 2.45) is 0 Å². The summed E-state index contributed by atoms with van der Waals surface area (Å²) in [5, 5.41) is 9.67. The molecule has 29 heavy (non-hydrogen) atoms. The van der Waals surface area contributed by atoms with E-state index in [1.165, 1.54) is 12.1 Å². The molecular formula is C18H15Cl2FN6O2. The van der Waals surface area contributed by atoms with Gasteiger partial charge in [0.15, 0.2) is 16.0 Å². The van der Waals surface area contributed by atoms with Crippen LogP contribution in [-0.2, 0) is 6.42 Å².